The van der Waals surface area contributed by atoms with Gasteiger partial charge >= 0.3 is 23.9 Å². The molecule has 3 rings (SSSR count). The van der Waals surface area contributed by atoms with Gasteiger partial charge in [0.05, 0.1) is 6.54 Å². The number of hydrogen-bond acceptors (Lipinski definition) is 6. The smallest absolute Gasteiger partial charge is 0.361 e. The van der Waals surface area contributed by atoms with E-state index >= 15 is 0 Å². The molecule has 2 amide bonds. The van der Waals surface area contributed by atoms with Gasteiger partial charge in [-0.15, -0.1) is 0 Å². The van der Waals surface area contributed by atoms with Gasteiger partial charge in [0, 0.05) is 10.6 Å². The first-order valence-corrected chi connectivity index (χ1v) is 9.00. The molecule has 8 nitrogen and oxygen atoms in total. The fourth-order valence-corrected chi connectivity index (χ4v) is 2.54. The number of nitrogens with two attached hydrogens (primary N) is 1. The van der Waals surface area contributed by atoms with Crippen LogP contribution in [0, 0.1) is 0 Å². The maximum absolute atomic E-state index is 12.6. The van der Waals surface area contributed by atoms with Crippen LogP contribution in [0.1, 0.15) is 17.0 Å². The molecule has 12 heteroatoms. The number of amides is 2. The Kier molecular flexibility index (Phi) is 6.56. The van der Waals surface area contributed by atoms with Crippen molar-refractivity contribution in [1.29, 1.82) is 0 Å². The van der Waals surface area contributed by atoms with Crippen LogP contribution in [-0.2, 0) is 33.8 Å². The summed E-state index contributed by atoms with van der Waals surface area (Å²) in [6, 6.07) is 12.5. The molecule has 0 spiro atoms. The number of hydroxylamine groups is 2. The average Bonchev–Trinajstić information content (AvgIpc) is 3.23. The van der Waals surface area contributed by atoms with Crippen LogP contribution in [0.25, 0.3) is 11.4 Å². The molecule has 31 heavy (non-hydrogen) atoms. The van der Waals surface area contributed by atoms with Crippen LogP contribution in [0.3, 0.4) is 0 Å². The molecule has 1 heterocycles. The van der Waals surface area contributed by atoms with E-state index in [1.807, 2.05) is 0 Å². The van der Waals surface area contributed by atoms with Gasteiger partial charge < -0.3 is 10.3 Å². The molecule has 2 N–H and O–H groups in total. The summed E-state index contributed by atoms with van der Waals surface area (Å²) in [6.45, 7) is -0.174. The molecular weight excluding hydrogens is 441 g/mol. The molecule has 0 saturated carbocycles. The van der Waals surface area contributed by atoms with Crippen molar-refractivity contribution < 1.29 is 32.1 Å². The average molecular weight is 455 g/mol. The first-order valence-electron chi connectivity index (χ1n) is 8.62. The minimum atomic E-state index is -4.75. The van der Waals surface area contributed by atoms with Crippen LogP contribution >= 0.6 is 11.6 Å². The maximum Gasteiger partial charge on any atom is 0.471 e. The van der Waals surface area contributed by atoms with Crippen molar-refractivity contribution in [3.63, 3.8) is 0 Å². The zero-order valence-electron chi connectivity index (χ0n) is 15.6. The van der Waals surface area contributed by atoms with Gasteiger partial charge in [-0.05, 0) is 23.3 Å². The molecule has 0 aliphatic carbocycles. The molecule has 0 radical (unpaired) electrons. The van der Waals surface area contributed by atoms with E-state index in [1.54, 1.807) is 24.3 Å². The van der Waals surface area contributed by atoms with Crippen LogP contribution in [0.2, 0.25) is 5.02 Å². The highest BCUT2D eigenvalue weighted by Crippen LogP contribution is 2.29. The SMILES string of the molecule is NC(=O)C(=O)N(Cc1ccc(-c2noc(C(F)(F)F)n2)cc1)OCc1ccc(Cl)cc1. The first-order chi connectivity index (χ1) is 14.6. The number of rotatable bonds is 6. The fourth-order valence-electron chi connectivity index (χ4n) is 2.41. The quantitative estimate of drug-likeness (QED) is 0.451. The summed E-state index contributed by atoms with van der Waals surface area (Å²) in [4.78, 5) is 32.1. The normalized spacial score (nSPS) is 11.4. The molecule has 0 bridgehead atoms. The Morgan fingerprint density at radius 2 is 1.68 bits per heavy atom. The molecule has 3 aromatic rings. The third-order valence-corrected chi connectivity index (χ3v) is 4.20. The van der Waals surface area contributed by atoms with E-state index in [9.17, 15) is 22.8 Å². The molecule has 162 valence electrons. The van der Waals surface area contributed by atoms with Gasteiger partial charge in [0.15, 0.2) is 0 Å². The van der Waals surface area contributed by atoms with E-state index in [1.165, 1.54) is 24.3 Å². The summed E-state index contributed by atoms with van der Waals surface area (Å²) in [5.74, 6) is -3.98. The highest BCUT2D eigenvalue weighted by Gasteiger charge is 2.38. The zero-order chi connectivity index (χ0) is 22.6. The Morgan fingerprint density at radius 1 is 1.06 bits per heavy atom. The first kappa shape index (κ1) is 22.2. The van der Waals surface area contributed by atoms with Crippen LogP contribution in [0.15, 0.2) is 53.1 Å². The highest BCUT2D eigenvalue weighted by atomic mass is 35.5. The van der Waals surface area contributed by atoms with Crippen molar-refractivity contribution in [2.75, 3.05) is 0 Å². The molecule has 0 fully saturated rings. The summed E-state index contributed by atoms with van der Waals surface area (Å²) in [5.41, 5.74) is 6.53. The Balaban J connectivity index is 1.71. The summed E-state index contributed by atoms with van der Waals surface area (Å²) in [5, 5.41) is 4.62. The van der Waals surface area contributed by atoms with E-state index in [2.05, 4.69) is 14.7 Å². The Hall–Kier alpha value is -3.44. The van der Waals surface area contributed by atoms with E-state index in [4.69, 9.17) is 22.2 Å². The zero-order valence-corrected chi connectivity index (χ0v) is 16.4. The summed E-state index contributed by atoms with van der Waals surface area (Å²) in [7, 11) is 0. The molecule has 2 aromatic carbocycles. The minimum absolute atomic E-state index is 0.0304. The van der Waals surface area contributed by atoms with Crippen molar-refractivity contribution in [2.45, 2.75) is 19.3 Å². The molecular formula is C19H14ClF3N4O4. The van der Waals surface area contributed by atoms with E-state index in [0.29, 0.717) is 16.1 Å². The molecule has 0 aliphatic heterocycles. The molecule has 0 saturated heterocycles. The number of carbonyl (C=O) groups is 2. The van der Waals surface area contributed by atoms with Crippen molar-refractivity contribution in [3.05, 3.63) is 70.6 Å². The van der Waals surface area contributed by atoms with Crippen LogP contribution in [-0.4, -0.2) is 27.0 Å². The topological polar surface area (TPSA) is 112 Å². The molecule has 0 aliphatic rings. The number of hydrogen-bond donors (Lipinski definition) is 1. The monoisotopic (exact) mass is 454 g/mol. The number of aromatic nitrogens is 2. The van der Waals surface area contributed by atoms with Gasteiger partial charge in [0.2, 0.25) is 5.82 Å². The number of primary amides is 1. The minimum Gasteiger partial charge on any atom is -0.361 e. The van der Waals surface area contributed by atoms with Gasteiger partial charge in [-0.3, -0.25) is 14.4 Å². The van der Waals surface area contributed by atoms with Crippen molar-refractivity contribution in [2.24, 2.45) is 5.73 Å². The largest absolute Gasteiger partial charge is 0.471 e. The lowest BCUT2D eigenvalue weighted by atomic mass is 10.1. The van der Waals surface area contributed by atoms with Gasteiger partial charge in [0.1, 0.15) is 6.61 Å². The van der Waals surface area contributed by atoms with Crippen LogP contribution in [0.4, 0.5) is 13.2 Å². The second-order valence-corrected chi connectivity index (χ2v) is 6.66. The van der Waals surface area contributed by atoms with Gasteiger partial charge in [-0.25, -0.2) is 5.06 Å². The molecule has 1 aromatic heterocycles. The summed E-state index contributed by atoms with van der Waals surface area (Å²) >= 11 is 5.82. The van der Waals surface area contributed by atoms with Gasteiger partial charge in [-0.1, -0.05) is 53.2 Å². The Labute approximate surface area is 178 Å². The standard InChI is InChI=1S/C19H14ClF3N4O4/c20-14-7-3-12(4-8-14)10-30-27(17(29)15(24)28)9-11-1-5-13(6-2-11)16-25-18(31-26-16)19(21,22)23/h1-8H,9-10H2,(H2,24,28). The maximum atomic E-state index is 12.6. The number of benzene rings is 2. The van der Waals surface area contributed by atoms with Gasteiger partial charge in [0.25, 0.3) is 0 Å². The fraction of sp³-hybridized carbons (Fsp3) is 0.158. The molecule has 0 atom stereocenters. The lowest BCUT2D eigenvalue weighted by Crippen LogP contribution is -2.39. The third-order valence-electron chi connectivity index (χ3n) is 3.94. The number of carbonyl (C=O) groups excluding carboxylic acids is 2. The van der Waals surface area contributed by atoms with E-state index in [-0.39, 0.29) is 24.5 Å². The number of nitrogens with zero attached hydrogens (tertiary/aromatic N) is 3. The number of alkyl halides is 3. The van der Waals surface area contributed by atoms with E-state index < -0.39 is 23.9 Å². The second-order valence-electron chi connectivity index (χ2n) is 6.22. The lowest BCUT2D eigenvalue weighted by molar-refractivity contribution is -0.196. The van der Waals surface area contributed by atoms with Crippen LogP contribution < -0.4 is 5.73 Å². The Morgan fingerprint density at radius 3 is 2.23 bits per heavy atom. The summed E-state index contributed by atoms with van der Waals surface area (Å²) < 4.78 is 42.0. The van der Waals surface area contributed by atoms with Crippen LogP contribution in [0.5, 0.6) is 0 Å². The second kappa shape index (κ2) is 9.14. The predicted octanol–water partition coefficient (Wildman–Crippen LogP) is 3.35. The highest BCUT2D eigenvalue weighted by molar-refractivity contribution is 6.34. The molecule has 0 unspecified atom stereocenters. The van der Waals surface area contributed by atoms with Gasteiger partial charge in [-0.2, -0.15) is 18.2 Å². The lowest BCUT2D eigenvalue weighted by Gasteiger charge is -2.20. The Bertz CT molecular complexity index is 1070. The van der Waals surface area contributed by atoms with Crippen molar-refractivity contribution in [1.82, 2.24) is 15.2 Å². The number of halogens is 4. The summed E-state index contributed by atoms with van der Waals surface area (Å²) in [6.07, 6.45) is -4.75. The van der Waals surface area contributed by atoms with Crippen molar-refractivity contribution in [3.8, 4) is 11.4 Å². The van der Waals surface area contributed by atoms with Crippen molar-refractivity contribution >= 4 is 23.4 Å². The third kappa shape index (κ3) is 5.80. The van der Waals surface area contributed by atoms with E-state index in [0.717, 1.165) is 5.06 Å². The predicted molar refractivity (Wildman–Crippen MR) is 101 cm³/mol.